The maximum absolute atomic E-state index is 8.95. The molecule has 0 aromatic carbocycles. The quantitative estimate of drug-likeness (QED) is 0.706. The highest BCUT2D eigenvalue weighted by atomic mass is 32.5. The van der Waals surface area contributed by atoms with Crippen molar-refractivity contribution in [2.45, 2.75) is 37.9 Å². The van der Waals surface area contributed by atoms with Crippen LogP contribution in [0.4, 0.5) is 0 Å². The molecule has 2 heterocycles. The average Bonchev–Trinajstić information content (AvgIpc) is 2.55. The summed E-state index contributed by atoms with van der Waals surface area (Å²) < 4.78 is 21.4. The minimum atomic E-state index is -3.63. The molecule has 0 aliphatic carbocycles. The van der Waals surface area contributed by atoms with Gasteiger partial charge in [-0.15, -0.1) is 0 Å². The van der Waals surface area contributed by atoms with E-state index in [9.17, 15) is 0 Å². The minimum absolute atomic E-state index is 0.00485. The van der Waals surface area contributed by atoms with Crippen LogP contribution in [0.3, 0.4) is 0 Å². The van der Waals surface area contributed by atoms with E-state index in [0.29, 0.717) is 6.61 Å². The zero-order valence-corrected chi connectivity index (χ0v) is 10.7. The lowest BCUT2D eigenvalue weighted by molar-refractivity contribution is -0.177. The molecule has 0 amide bonds. The first-order valence-electron chi connectivity index (χ1n) is 4.94. The van der Waals surface area contributed by atoms with Crippen molar-refractivity contribution >= 4 is 18.5 Å². The van der Waals surface area contributed by atoms with Crippen LogP contribution < -0.4 is 0 Å². The van der Waals surface area contributed by atoms with Gasteiger partial charge in [0.1, 0.15) is 18.3 Å². The minimum Gasteiger partial charge on any atom is -0.370 e. The van der Waals surface area contributed by atoms with Gasteiger partial charge in [0.05, 0.1) is 13.2 Å². The highest BCUT2D eigenvalue weighted by Gasteiger charge is 2.50. The first-order chi connectivity index (χ1) is 7.27. The van der Waals surface area contributed by atoms with Crippen molar-refractivity contribution in [3.05, 3.63) is 0 Å². The molecule has 3 atom stereocenters. The van der Waals surface area contributed by atoms with E-state index >= 15 is 0 Å². The van der Waals surface area contributed by atoms with Crippen molar-refractivity contribution in [3.8, 4) is 0 Å². The van der Waals surface area contributed by atoms with Crippen LogP contribution in [0.25, 0.3) is 0 Å². The first kappa shape index (κ1) is 12.9. The molecule has 2 saturated heterocycles. The molecule has 2 rings (SSSR count). The summed E-state index contributed by atoms with van der Waals surface area (Å²) in [6.45, 7) is 0.444. The smallest absolute Gasteiger partial charge is 0.321 e. The van der Waals surface area contributed by atoms with Gasteiger partial charge in [-0.2, -0.15) is 0 Å². The third-order valence-corrected chi connectivity index (χ3v) is 3.27. The molecule has 0 spiro atoms. The molecule has 0 radical (unpaired) electrons. The number of hydrogen-bond donors (Lipinski definition) is 2. The van der Waals surface area contributed by atoms with E-state index in [1.54, 1.807) is 0 Å². The van der Waals surface area contributed by atoms with Gasteiger partial charge in [0.2, 0.25) is 0 Å². The highest BCUT2D eigenvalue weighted by molar-refractivity contribution is 8.06. The van der Waals surface area contributed by atoms with Crippen LogP contribution in [0.5, 0.6) is 0 Å². The van der Waals surface area contributed by atoms with Gasteiger partial charge in [-0.1, -0.05) is 0 Å². The Balaban J connectivity index is 1.91. The van der Waals surface area contributed by atoms with Crippen LogP contribution in [-0.4, -0.2) is 47.1 Å². The van der Waals surface area contributed by atoms with Crippen LogP contribution in [-0.2, 0) is 30.5 Å². The van der Waals surface area contributed by atoms with E-state index in [0.717, 1.165) is 0 Å². The summed E-state index contributed by atoms with van der Waals surface area (Å²) in [6.07, 6.45) is -0.733. The third-order valence-electron chi connectivity index (χ3n) is 2.47. The molecule has 0 aromatic rings. The fraction of sp³-hybridized carbons (Fsp3) is 1.00. The SMILES string of the molecule is CC1(C)OC2CO[C@H](COP(O)(O)=S)C2O1. The number of fused-ring (bicyclic) bond motifs is 1. The van der Waals surface area contributed by atoms with E-state index in [1.807, 2.05) is 13.8 Å². The van der Waals surface area contributed by atoms with E-state index in [-0.39, 0.29) is 24.9 Å². The molecule has 2 fully saturated rings. The Labute approximate surface area is 98.7 Å². The fourth-order valence-electron chi connectivity index (χ4n) is 1.93. The molecule has 2 N–H and O–H groups in total. The van der Waals surface area contributed by atoms with E-state index < -0.39 is 12.5 Å². The molecule has 94 valence electrons. The Morgan fingerprint density at radius 1 is 1.44 bits per heavy atom. The molecule has 2 aliphatic heterocycles. The van der Waals surface area contributed by atoms with Gasteiger partial charge in [0.15, 0.2) is 5.79 Å². The summed E-state index contributed by atoms with van der Waals surface area (Å²) >= 11 is 4.36. The standard InChI is InChI=1S/C8H15O6PS/c1-8(2)13-6-3-11-5(7(6)14-8)4-12-15(9,10)16/h5-7H,3-4H2,1-2H3,(H2,9,10,16)/t5-,6?,7?/m1/s1. The third kappa shape index (κ3) is 3.00. The lowest BCUT2D eigenvalue weighted by Gasteiger charge is -2.22. The van der Waals surface area contributed by atoms with Crippen molar-refractivity contribution in [3.63, 3.8) is 0 Å². The van der Waals surface area contributed by atoms with E-state index in [1.165, 1.54) is 0 Å². The van der Waals surface area contributed by atoms with Gasteiger partial charge in [-0.05, 0) is 25.7 Å². The Kier molecular flexibility index (Phi) is 3.42. The zero-order valence-electron chi connectivity index (χ0n) is 9.03. The molecule has 2 unspecified atom stereocenters. The average molecular weight is 270 g/mol. The van der Waals surface area contributed by atoms with E-state index in [4.69, 9.17) is 28.5 Å². The van der Waals surface area contributed by atoms with Crippen molar-refractivity contribution in [2.24, 2.45) is 0 Å². The molecule has 0 saturated carbocycles. The summed E-state index contributed by atoms with van der Waals surface area (Å²) in [4.78, 5) is 17.9. The van der Waals surface area contributed by atoms with Crippen LogP contribution in [0.15, 0.2) is 0 Å². The first-order valence-corrected chi connectivity index (χ1v) is 7.57. The van der Waals surface area contributed by atoms with Gasteiger partial charge in [-0.25, -0.2) is 0 Å². The van der Waals surface area contributed by atoms with Gasteiger partial charge in [0, 0.05) is 0 Å². The van der Waals surface area contributed by atoms with Crippen molar-refractivity contribution < 1.29 is 28.5 Å². The Hall–Kier alpha value is 0.410. The lowest BCUT2D eigenvalue weighted by Crippen LogP contribution is -2.32. The predicted molar refractivity (Wildman–Crippen MR) is 58.2 cm³/mol. The van der Waals surface area contributed by atoms with Crippen molar-refractivity contribution in [1.29, 1.82) is 0 Å². The van der Waals surface area contributed by atoms with Gasteiger partial charge in [0.25, 0.3) is 0 Å². The lowest BCUT2D eigenvalue weighted by atomic mass is 10.2. The monoisotopic (exact) mass is 270 g/mol. The largest absolute Gasteiger partial charge is 0.370 e. The second-order valence-corrected chi connectivity index (χ2v) is 6.96. The van der Waals surface area contributed by atoms with Crippen molar-refractivity contribution in [2.75, 3.05) is 13.2 Å². The van der Waals surface area contributed by atoms with Crippen LogP contribution in [0, 0.1) is 0 Å². The Bertz CT molecular complexity index is 316. The molecular weight excluding hydrogens is 255 g/mol. The zero-order chi connectivity index (χ0) is 12.0. The normalized spacial score (nSPS) is 37.6. The summed E-state index contributed by atoms with van der Waals surface area (Å²) in [5, 5.41) is 0. The maximum Gasteiger partial charge on any atom is 0.321 e. The summed E-state index contributed by atoms with van der Waals surface area (Å²) in [6, 6.07) is 0. The second kappa shape index (κ2) is 4.26. The molecule has 6 nitrogen and oxygen atoms in total. The molecular formula is C8H15O6PS. The van der Waals surface area contributed by atoms with Gasteiger partial charge in [-0.3, -0.25) is 0 Å². The Morgan fingerprint density at radius 2 is 2.12 bits per heavy atom. The maximum atomic E-state index is 8.95. The Morgan fingerprint density at radius 3 is 2.75 bits per heavy atom. The van der Waals surface area contributed by atoms with Crippen molar-refractivity contribution in [1.82, 2.24) is 0 Å². The second-order valence-electron chi connectivity index (χ2n) is 4.30. The summed E-state index contributed by atoms with van der Waals surface area (Å²) in [7, 11) is 0. The van der Waals surface area contributed by atoms with E-state index in [2.05, 4.69) is 11.8 Å². The van der Waals surface area contributed by atoms with Crippen LogP contribution in [0.2, 0.25) is 0 Å². The molecule has 2 aliphatic rings. The summed E-state index contributed by atoms with van der Waals surface area (Å²) in [5.41, 5.74) is 0. The van der Waals surface area contributed by atoms with Gasteiger partial charge < -0.3 is 28.5 Å². The molecule has 16 heavy (non-hydrogen) atoms. The number of rotatable bonds is 3. The fourth-order valence-corrected chi connectivity index (χ4v) is 2.46. The van der Waals surface area contributed by atoms with Crippen LogP contribution in [0.1, 0.15) is 13.8 Å². The molecule has 0 bridgehead atoms. The van der Waals surface area contributed by atoms with Gasteiger partial charge >= 0.3 is 6.72 Å². The van der Waals surface area contributed by atoms with Crippen LogP contribution >= 0.6 is 6.72 Å². The predicted octanol–water partition coefficient (Wildman–Crippen LogP) is 0.131. The summed E-state index contributed by atoms with van der Waals surface area (Å²) in [5.74, 6) is -0.629. The molecule has 0 aromatic heterocycles. The molecule has 8 heteroatoms. The number of hydrogen-bond acceptors (Lipinski definition) is 5. The highest BCUT2D eigenvalue weighted by Crippen LogP contribution is 2.40. The number of ether oxygens (including phenoxy) is 3. The topological polar surface area (TPSA) is 77.4 Å².